The van der Waals surface area contributed by atoms with Crippen LogP contribution in [0.5, 0.6) is 11.5 Å². The molecule has 0 bridgehead atoms. The third-order valence-corrected chi connectivity index (χ3v) is 3.25. The largest absolute Gasteiger partial charge is 0.504 e. The number of hydrogen-bond acceptors (Lipinski definition) is 3. The van der Waals surface area contributed by atoms with Crippen molar-refractivity contribution in [3.63, 3.8) is 0 Å². The Balaban J connectivity index is 2.28. The van der Waals surface area contributed by atoms with Crippen LogP contribution in [0.3, 0.4) is 0 Å². The molecule has 110 valence electrons. The maximum atomic E-state index is 12.9. The highest BCUT2D eigenvalue weighted by Crippen LogP contribution is 2.29. The van der Waals surface area contributed by atoms with Gasteiger partial charge in [-0.3, -0.25) is 4.79 Å². The summed E-state index contributed by atoms with van der Waals surface area (Å²) in [6, 6.07) is 10.1. The summed E-state index contributed by atoms with van der Waals surface area (Å²) < 4.78 is 17.9. The highest BCUT2D eigenvalue weighted by Gasteiger charge is 2.21. The molecule has 0 radical (unpaired) electrons. The Labute approximate surface area is 121 Å². The summed E-state index contributed by atoms with van der Waals surface area (Å²) in [5.41, 5.74) is 1.23. The average molecular weight is 290 g/mol. The molecule has 2 aromatic rings. The summed E-state index contributed by atoms with van der Waals surface area (Å²) in [5, 5.41) is 18.9. The minimum Gasteiger partial charge on any atom is -0.504 e. The van der Waals surface area contributed by atoms with Crippen LogP contribution in [0.4, 0.5) is 4.39 Å². The molecule has 21 heavy (non-hydrogen) atoms. The molecule has 5 heteroatoms. The number of halogens is 1. The number of carboxylic acids is 1. The summed E-state index contributed by atoms with van der Waals surface area (Å²) in [4.78, 5) is 11.4. The quantitative estimate of drug-likeness (QED) is 0.888. The van der Waals surface area contributed by atoms with Crippen LogP contribution in [-0.4, -0.2) is 23.3 Å². The van der Waals surface area contributed by atoms with Gasteiger partial charge in [-0.2, -0.15) is 0 Å². The number of methoxy groups -OCH3 is 1. The SMILES string of the molecule is COc1cc(CC(C(=O)O)c2ccc(F)cc2)ccc1O. The first-order valence-corrected chi connectivity index (χ1v) is 6.35. The predicted molar refractivity (Wildman–Crippen MR) is 75.1 cm³/mol. The van der Waals surface area contributed by atoms with Crippen LogP contribution in [0.25, 0.3) is 0 Å². The highest BCUT2D eigenvalue weighted by atomic mass is 19.1. The van der Waals surface area contributed by atoms with E-state index in [1.165, 1.54) is 37.4 Å². The summed E-state index contributed by atoms with van der Waals surface area (Å²) in [7, 11) is 1.42. The van der Waals surface area contributed by atoms with Crippen LogP contribution in [0.15, 0.2) is 42.5 Å². The molecule has 0 fully saturated rings. The van der Waals surface area contributed by atoms with Gasteiger partial charge >= 0.3 is 5.97 Å². The monoisotopic (exact) mass is 290 g/mol. The van der Waals surface area contributed by atoms with Crippen LogP contribution in [0.2, 0.25) is 0 Å². The van der Waals surface area contributed by atoms with Gasteiger partial charge < -0.3 is 14.9 Å². The molecule has 2 rings (SSSR count). The number of benzene rings is 2. The fraction of sp³-hybridized carbons (Fsp3) is 0.188. The van der Waals surface area contributed by atoms with Gasteiger partial charge in [-0.1, -0.05) is 18.2 Å². The number of aliphatic carboxylic acids is 1. The van der Waals surface area contributed by atoms with Gasteiger partial charge in [0.1, 0.15) is 5.82 Å². The van der Waals surface area contributed by atoms with Crippen molar-refractivity contribution in [3.05, 3.63) is 59.4 Å². The van der Waals surface area contributed by atoms with Crippen molar-refractivity contribution >= 4 is 5.97 Å². The number of rotatable bonds is 5. The smallest absolute Gasteiger partial charge is 0.311 e. The van der Waals surface area contributed by atoms with Crippen molar-refractivity contribution in [2.24, 2.45) is 0 Å². The second-order valence-corrected chi connectivity index (χ2v) is 4.65. The topological polar surface area (TPSA) is 66.8 Å². The predicted octanol–water partition coefficient (Wildman–Crippen LogP) is 2.95. The van der Waals surface area contributed by atoms with E-state index < -0.39 is 17.7 Å². The Hall–Kier alpha value is -2.56. The fourth-order valence-corrected chi connectivity index (χ4v) is 2.13. The van der Waals surface area contributed by atoms with Gasteiger partial charge in [-0.05, 0) is 41.8 Å². The van der Waals surface area contributed by atoms with E-state index in [4.69, 9.17) is 4.74 Å². The highest BCUT2D eigenvalue weighted by molar-refractivity contribution is 5.76. The molecule has 0 saturated heterocycles. The molecule has 2 N–H and O–H groups in total. The number of carbonyl (C=O) groups is 1. The minimum atomic E-state index is -0.992. The van der Waals surface area contributed by atoms with Crippen molar-refractivity contribution in [1.82, 2.24) is 0 Å². The molecule has 4 nitrogen and oxygen atoms in total. The van der Waals surface area contributed by atoms with Crippen molar-refractivity contribution in [2.45, 2.75) is 12.3 Å². The molecule has 0 aliphatic rings. The lowest BCUT2D eigenvalue weighted by Gasteiger charge is -2.14. The van der Waals surface area contributed by atoms with E-state index in [0.717, 1.165) is 0 Å². The summed E-state index contributed by atoms with van der Waals surface area (Å²) in [6.45, 7) is 0. The van der Waals surface area contributed by atoms with Crippen molar-refractivity contribution in [2.75, 3.05) is 7.11 Å². The van der Waals surface area contributed by atoms with Gasteiger partial charge in [-0.15, -0.1) is 0 Å². The second-order valence-electron chi connectivity index (χ2n) is 4.65. The molecule has 2 aromatic carbocycles. The zero-order valence-corrected chi connectivity index (χ0v) is 11.4. The number of hydrogen-bond donors (Lipinski definition) is 2. The Morgan fingerprint density at radius 1 is 1.24 bits per heavy atom. The number of aromatic hydroxyl groups is 1. The number of ether oxygens (including phenoxy) is 1. The van der Waals surface area contributed by atoms with Crippen molar-refractivity contribution in [1.29, 1.82) is 0 Å². The van der Waals surface area contributed by atoms with E-state index in [0.29, 0.717) is 11.1 Å². The molecule has 1 unspecified atom stereocenters. The lowest BCUT2D eigenvalue weighted by atomic mass is 9.92. The molecule has 0 amide bonds. The summed E-state index contributed by atoms with van der Waals surface area (Å²) in [5.74, 6) is -1.91. The zero-order valence-electron chi connectivity index (χ0n) is 11.4. The van der Waals surface area contributed by atoms with Crippen LogP contribution in [0.1, 0.15) is 17.0 Å². The second kappa shape index (κ2) is 6.26. The Bertz CT molecular complexity index is 637. The summed E-state index contributed by atoms with van der Waals surface area (Å²) >= 11 is 0. The fourth-order valence-electron chi connectivity index (χ4n) is 2.13. The number of phenolic OH excluding ortho intramolecular Hbond substituents is 1. The third-order valence-electron chi connectivity index (χ3n) is 3.25. The first-order chi connectivity index (χ1) is 10.0. The molecule has 0 saturated carbocycles. The van der Waals surface area contributed by atoms with Gasteiger partial charge in [0, 0.05) is 0 Å². The van der Waals surface area contributed by atoms with E-state index in [-0.39, 0.29) is 17.9 Å². The maximum absolute atomic E-state index is 12.9. The number of carboxylic acid groups (broad SMARTS) is 1. The van der Waals surface area contributed by atoms with Gasteiger partial charge in [0.2, 0.25) is 0 Å². The molecule has 0 heterocycles. The maximum Gasteiger partial charge on any atom is 0.311 e. The summed E-state index contributed by atoms with van der Waals surface area (Å²) in [6.07, 6.45) is 0.220. The van der Waals surface area contributed by atoms with E-state index in [1.54, 1.807) is 12.1 Å². The third kappa shape index (κ3) is 3.51. The normalized spacial score (nSPS) is 11.9. The first kappa shape index (κ1) is 14.8. The lowest BCUT2D eigenvalue weighted by molar-refractivity contribution is -0.138. The van der Waals surface area contributed by atoms with E-state index in [1.807, 2.05) is 0 Å². The van der Waals surface area contributed by atoms with Gasteiger partial charge in [0.05, 0.1) is 13.0 Å². The Morgan fingerprint density at radius 2 is 1.90 bits per heavy atom. The lowest BCUT2D eigenvalue weighted by Crippen LogP contribution is -2.14. The number of phenols is 1. The Morgan fingerprint density at radius 3 is 2.48 bits per heavy atom. The van der Waals surface area contributed by atoms with Gasteiger partial charge in [0.25, 0.3) is 0 Å². The minimum absolute atomic E-state index is 0.00472. The van der Waals surface area contributed by atoms with Crippen LogP contribution in [0, 0.1) is 5.82 Å². The Kier molecular flexibility index (Phi) is 4.42. The van der Waals surface area contributed by atoms with Crippen LogP contribution >= 0.6 is 0 Å². The molecular weight excluding hydrogens is 275 g/mol. The molecule has 1 atom stereocenters. The van der Waals surface area contributed by atoms with Crippen LogP contribution in [-0.2, 0) is 11.2 Å². The molecule has 0 aliphatic heterocycles. The average Bonchev–Trinajstić information content (AvgIpc) is 2.47. The standard InChI is InChI=1S/C16H15FO4/c1-21-15-9-10(2-7-14(15)18)8-13(16(19)20)11-3-5-12(17)6-4-11/h2-7,9,13,18H,8H2,1H3,(H,19,20). The van der Waals surface area contributed by atoms with Crippen LogP contribution < -0.4 is 4.74 Å². The van der Waals surface area contributed by atoms with Crippen molar-refractivity contribution in [3.8, 4) is 11.5 Å². The zero-order chi connectivity index (χ0) is 15.4. The molecule has 0 aliphatic carbocycles. The van der Waals surface area contributed by atoms with E-state index in [2.05, 4.69) is 0 Å². The van der Waals surface area contributed by atoms with Gasteiger partial charge in [-0.25, -0.2) is 4.39 Å². The van der Waals surface area contributed by atoms with Gasteiger partial charge in [0.15, 0.2) is 11.5 Å². The molecule has 0 spiro atoms. The molecular formula is C16H15FO4. The van der Waals surface area contributed by atoms with E-state index in [9.17, 15) is 19.4 Å². The molecule has 0 aromatic heterocycles. The van der Waals surface area contributed by atoms with Crippen molar-refractivity contribution < 1.29 is 24.1 Å². The first-order valence-electron chi connectivity index (χ1n) is 6.35. The van der Waals surface area contributed by atoms with E-state index >= 15 is 0 Å².